The fourth-order valence-electron chi connectivity index (χ4n) is 1.51. The van der Waals surface area contributed by atoms with Gasteiger partial charge in [0.1, 0.15) is 6.04 Å². The number of carboxylic acid groups (broad SMARTS) is 1. The number of thioether (sulfide) groups is 2. The molecule has 2 amide bonds. The molecule has 0 aromatic heterocycles. The maximum absolute atomic E-state index is 11.9. The van der Waals surface area contributed by atoms with Crippen molar-refractivity contribution in [3.05, 3.63) is 0 Å². The zero-order valence-electron chi connectivity index (χ0n) is 10.0. The van der Waals surface area contributed by atoms with E-state index in [4.69, 9.17) is 5.11 Å². The second-order valence-corrected chi connectivity index (χ2v) is 5.94. The molecule has 0 aromatic rings. The number of carbonyl (C=O) groups excluding carboxylic acids is 1. The summed E-state index contributed by atoms with van der Waals surface area (Å²) < 4.78 is 0. The number of nitrogens with zero attached hydrogens (tertiary/aromatic N) is 1. The standard InChI is InChI=1S/C10H18N2O3S2/c1-7(3-4-16-2)11-10(15)12-6-17-5-8(12)9(13)14/h7-8H,3-6H2,1-2H3,(H,11,15)(H,13,14). The summed E-state index contributed by atoms with van der Waals surface area (Å²) >= 11 is 3.20. The van der Waals surface area contributed by atoms with E-state index in [0.717, 1.165) is 12.2 Å². The molecule has 98 valence electrons. The highest BCUT2D eigenvalue weighted by Gasteiger charge is 2.34. The van der Waals surface area contributed by atoms with Gasteiger partial charge >= 0.3 is 12.0 Å². The van der Waals surface area contributed by atoms with Gasteiger partial charge in [-0.1, -0.05) is 0 Å². The summed E-state index contributed by atoms with van der Waals surface area (Å²) in [5.41, 5.74) is 0. The molecule has 2 unspecified atom stereocenters. The first-order chi connectivity index (χ1) is 8.06. The van der Waals surface area contributed by atoms with Crippen LogP contribution < -0.4 is 5.32 Å². The molecular weight excluding hydrogens is 260 g/mol. The van der Waals surface area contributed by atoms with Gasteiger partial charge in [-0.05, 0) is 25.4 Å². The van der Waals surface area contributed by atoms with Crippen LogP contribution in [0.4, 0.5) is 4.79 Å². The van der Waals surface area contributed by atoms with Crippen molar-refractivity contribution in [3.63, 3.8) is 0 Å². The first-order valence-corrected chi connectivity index (χ1v) is 7.97. The molecule has 0 aromatic carbocycles. The Labute approximate surface area is 110 Å². The number of aliphatic carboxylic acids is 1. The Morgan fingerprint density at radius 2 is 2.35 bits per heavy atom. The van der Waals surface area contributed by atoms with Crippen LogP contribution in [-0.2, 0) is 4.79 Å². The predicted octanol–water partition coefficient (Wildman–Crippen LogP) is 1.30. The van der Waals surface area contributed by atoms with Crippen LogP contribution in [0.25, 0.3) is 0 Å². The largest absolute Gasteiger partial charge is 0.480 e. The fourth-order valence-corrected chi connectivity index (χ4v) is 3.24. The van der Waals surface area contributed by atoms with Gasteiger partial charge in [-0.15, -0.1) is 11.8 Å². The Morgan fingerprint density at radius 3 is 2.94 bits per heavy atom. The van der Waals surface area contributed by atoms with Crippen molar-refractivity contribution in [2.75, 3.05) is 23.6 Å². The monoisotopic (exact) mass is 278 g/mol. The topological polar surface area (TPSA) is 69.6 Å². The van der Waals surface area contributed by atoms with Gasteiger partial charge in [0.2, 0.25) is 0 Å². The molecule has 1 rings (SSSR count). The molecule has 2 N–H and O–H groups in total. The third-order valence-corrected chi connectivity index (χ3v) is 4.21. The van der Waals surface area contributed by atoms with E-state index in [-0.39, 0.29) is 12.1 Å². The van der Waals surface area contributed by atoms with Crippen molar-refractivity contribution in [2.45, 2.75) is 25.4 Å². The summed E-state index contributed by atoms with van der Waals surface area (Å²) in [5, 5.41) is 11.8. The number of amides is 2. The molecular formula is C10H18N2O3S2. The minimum absolute atomic E-state index is 0.0787. The molecule has 1 aliphatic rings. The Hall–Kier alpha value is -0.560. The smallest absolute Gasteiger partial charge is 0.327 e. The molecule has 0 radical (unpaired) electrons. The molecule has 0 saturated carbocycles. The van der Waals surface area contributed by atoms with E-state index in [1.165, 1.54) is 16.7 Å². The molecule has 5 nitrogen and oxygen atoms in total. The molecule has 0 aliphatic carbocycles. The Bertz CT molecular complexity index is 289. The van der Waals surface area contributed by atoms with E-state index >= 15 is 0 Å². The normalized spacial score (nSPS) is 21.3. The van der Waals surface area contributed by atoms with Gasteiger partial charge in [-0.2, -0.15) is 11.8 Å². The molecule has 0 bridgehead atoms. The third kappa shape index (κ3) is 4.31. The number of hydrogen-bond donors (Lipinski definition) is 2. The van der Waals surface area contributed by atoms with E-state index in [2.05, 4.69) is 5.32 Å². The van der Waals surface area contributed by atoms with Crippen LogP contribution >= 0.6 is 23.5 Å². The summed E-state index contributed by atoms with van der Waals surface area (Å²) in [4.78, 5) is 24.2. The van der Waals surface area contributed by atoms with Crippen molar-refractivity contribution in [3.8, 4) is 0 Å². The van der Waals surface area contributed by atoms with Crippen LogP contribution in [0.2, 0.25) is 0 Å². The van der Waals surface area contributed by atoms with Gasteiger partial charge in [0.05, 0.1) is 5.88 Å². The van der Waals surface area contributed by atoms with E-state index < -0.39 is 12.0 Å². The lowest BCUT2D eigenvalue weighted by Crippen LogP contribution is -2.49. The van der Waals surface area contributed by atoms with E-state index in [9.17, 15) is 9.59 Å². The lowest BCUT2D eigenvalue weighted by Gasteiger charge is -2.23. The molecule has 0 spiro atoms. The average Bonchev–Trinajstić information content (AvgIpc) is 2.75. The fraction of sp³-hybridized carbons (Fsp3) is 0.800. The van der Waals surface area contributed by atoms with Crippen LogP contribution in [-0.4, -0.2) is 57.7 Å². The van der Waals surface area contributed by atoms with Gasteiger partial charge < -0.3 is 15.3 Å². The van der Waals surface area contributed by atoms with Crippen molar-refractivity contribution in [1.29, 1.82) is 0 Å². The Kier molecular flexibility index (Phi) is 5.97. The molecule has 17 heavy (non-hydrogen) atoms. The highest BCUT2D eigenvalue weighted by atomic mass is 32.2. The number of carboxylic acids is 1. The van der Waals surface area contributed by atoms with Crippen molar-refractivity contribution in [2.24, 2.45) is 0 Å². The van der Waals surface area contributed by atoms with Gasteiger partial charge in [0.15, 0.2) is 0 Å². The van der Waals surface area contributed by atoms with E-state index in [1.54, 1.807) is 11.8 Å². The van der Waals surface area contributed by atoms with Gasteiger partial charge in [0, 0.05) is 11.8 Å². The van der Waals surface area contributed by atoms with Crippen molar-refractivity contribution >= 4 is 35.5 Å². The SMILES string of the molecule is CSCCC(C)NC(=O)N1CSCC1C(=O)O. The first kappa shape index (κ1) is 14.5. The molecule has 1 saturated heterocycles. The number of rotatable bonds is 5. The maximum Gasteiger partial charge on any atom is 0.327 e. The van der Waals surface area contributed by atoms with Gasteiger partial charge in [-0.3, -0.25) is 0 Å². The summed E-state index contributed by atoms with van der Waals surface area (Å²) in [7, 11) is 0. The summed E-state index contributed by atoms with van der Waals surface area (Å²) in [6, 6.07) is -0.876. The van der Waals surface area contributed by atoms with E-state index in [0.29, 0.717) is 11.6 Å². The number of urea groups is 1. The van der Waals surface area contributed by atoms with Gasteiger partial charge in [0.25, 0.3) is 0 Å². The second kappa shape index (κ2) is 7.00. The Morgan fingerprint density at radius 1 is 1.65 bits per heavy atom. The minimum atomic E-state index is -0.929. The Balaban J connectivity index is 2.43. The maximum atomic E-state index is 11.9. The zero-order valence-corrected chi connectivity index (χ0v) is 11.6. The first-order valence-electron chi connectivity index (χ1n) is 5.43. The van der Waals surface area contributed by atoms with Crippen molar-refractivity contribution < 1.29 is 14.7 Å². The molecule has 2 atom stereocenters. The molecule has 1 heterocycles. The number of carbonyl (C=O) groups is 2. The third-order valence-electron chi connectivity index (χ3n) is 2.55. The predicted molar refractivity (Wildman–Crippen MR) is 71.6 cm³/mol. The minimum Gasteiger partial charge on any atom is -0.480 e. The molecule has 1 fully saturated rings. The molecule has 7 heteroatoms. The highest BCUT2D eigenvalue weighted by molar-refractivity contribution is 7.99. The van der Waals surface area contributed by atoms with Crippen molar-refractivity contribution in [1.82, 2.24) is 10.2 Å². The van der Waals surface area contributed by atoms with Crippen LogP contribution in [0, 0.1) is 0 Å². The second-order valence-electron chi connectivity index (χ2n) is 3.96. The van der Waals surface area contributed by atoms with E-state index in [1.807, 2.05) is 13.2 Å². The molecule has 1 aliphatic heterocycles. The lowest BCUT2D eigenvalue weighted by molar-refractivity contribution is -0.140. The van der Waals surface area contributed by atoms with Crippen LogP contribution in [0.5, 0.6) is 0 Å². The number of hydrogen-bond acceptors (Lipinski definition) is 4. The summed E-state index contributed by atoms with van der Waals surface area (Å²) in [6.07, 6.45) is 2.91. The lowest BCUT2D eigenvalue weighted by atomic mass is 10.2. The van der Waals surface area contributed by atoms with Crippen LogP contribution in [0.15, 0.2) is 0 Å². The van der Waals surface area contributed by atoms with Crippen LogP contribution in [0.1, 0.15) is 13.3 Å². The number of nitrogens with one attached hydrogen (secondary N) is 1. The highest BCUT2D eigenvalue weighted by Crippen LogP contribution is 2.21. The quantitative estimate of drug-likeness (QED) is 0.793. The van der Waals surface area contributed by atoms with Gasteiger partial charge in [-0.25, -0.2) is 9.59 Å². The average molecular weight is 278 g/mol. The zero-order chi connectivity index (χ0) is 12.8. The summed E-state index contributed by atoms with van der Waals surface area (Å²) in [6.45, 7) is 1.94. The summed E-state index contributed by atoms with van der Waals surface area (Å²) in [5.74, 6) is 0.986. The van der Waals surface area contributed by atoms with Crippen LogP contribution in [0.3, 0.4) is 0 Å².